The van der Waals surface area contributed by atoms with Crippen molar-refractivity contribution in [1.29, 1.82) is 0 Å². The Morgan fingerprint density at radius 2 is 1.81 bits per heavy atom. The number of H-pyrrole nitrogens is 1. The Hall–Kier alpha value is -3.52. The molecule has 4 aromatic rings. The van der Waals surface area contributed by atoms with Crippen LogP contribution in [-0.4, -0.2) is 72.7 Å². The second kappa shape index (κ2) is 9.17. The van der Waals surface area contributed by atoms with Crippen LogP contribution in [0.1, 0.15) is 41.1 Å². The van der Waals surface area contributed by atoms with Gasteiger partial charge in [-0.1, -0.05) is 17.7 Å². The Labute approximate surface area is 211 Å². The van der Waals surface area contributed by atoms with Gasteiger partial charge in [-0.05, 0) is 56.4 Å². The molecular weight excluding hydrogens is 450 g/mol. The number of fused-ring (bicyclic) bond motifs is 1. The fourth-order valence-electron chi connectivity index (χ4n) is 5.95. The van der Waals surface area contributed by atoms with E-state index < -0.39 is 0 Å². The first-order chi connectivity index (χ1) is 17.5. The van der Waals surface area contributed by atoms with Crippen molar-refractivity contribution in [2.24, 2.45) is 0 Å². The maximum Gasteiger partial charge on any atom is 0.227 e. The molecule has 8 nitrogen and oxygen atoms in total. The number of nitrogens with zero attached hydrogens (tertiary/aromatic N) is 6. The summed E-state index contributed by atoms with van der Waals surface area (Å²) in [4.78, 5) is 29.6. The molecule has 2 aliphatic heterocycles. The van der Waals surface area contributed by atoms with Crippen molar-refractivity contribution >= 4 is 16.9 Å². The van der Waals surface area contributed by atoms with E-state index in [2.05, 4.69) is 73.6 Å². The molecule has 6 rings (SSSR count). The first kappa shape index (κ1) is 22.9. The summed E-state index contributed by atoms with van der Waals surface area (Å²) in [7, 11) is 0. The number of piperidine rings is 1. The van der Waals surface area contributed by atoms with Crippen molar-refractivity contribution in [2.45, 2.75) is 52.1 Å². The van der Waals surface area contributed by atoms with Gasteiger partial charge >= 0.3 is 0 Å². The number of aromatic nitrogens is 5. The number of carbonyl (C=O) groups is 1. The normalized spacial score (nSPS) is 17.6. The van der Waals surface area contributed by atoms with Crippen LogP contribution in [0.4, 0.5) is 0 Å². The second-order valence-electron chi connectivity index (χ2n) is 10.4. The number of rotatable bonds is 5. The molecular formula is C28H33N7O. The molecule has 1 aromatic carbocycles. The summed E-state index contributed by atoms with van der Waals surface area (Å²) in [6.45, 7) is 10.1. The van der Waals surface area contributed by atoms with Crippen molar-refractivity contribution in [2.75, 3.05) is 26.2 Å². The minimum Gasteiger partial charge on any atom is -0.346 e. The highest BCUT2D eigenvalue weighted by Gasteiger charge is 2.36. The molecule has 0 aliphatic carbocycles. The molecule has 0 atom stereocenters. The first-order valence-electron chi connectivity index (χ1n) is 12.9. The van der Waals surface area contributed by atoms with E-state index in [-0.39, 0.29) is 5.91 Å². The van der Waals surface area contributed by atoms with Crippen molar-refractivity contribution in [3.05, 3.63) is 65.4 Å². The molecule has 8 heteroatoms. The Morgan fingerprint density at radius 3 is 2.56 bits per heavy atom. The van der Waals surface area contributed by atoms with Gasteiger partial charge in [0, 0.05) is 55.6 Å². The Morgan fingerprint density at radius 1 is 1.06 bits per heavy atom. The average Bonchev–Trinajstić information content (AvgIpc) is 3.50. The number of nitrogens with one attached hydrogen (secondary N) is 1. The third-order valence-corrected chi connectivity index (χ3v) is 8.00. The maximum absolute atomic E-state index is 13.0. The summed E-state index contributed by atoms with van der Waals surface area (Å²) in [5, 5.41) is 5.66. The van der Waals surface area contributed by atoms with Crippen LogP contribution in [0.5, 0.6) is 0 Å². The number of hydrogen-bond acceptors (Lipinski definition) is 5. The molecule has 1 N–H and O–H groups in total. The number of benzene rings is 1. The van der Waals surface area contributed by atoms with Gasteiger partial charge in [-0.3, -0.25) is 14.4 Å². The molecule has 5 heterocycles. The van der Waals surface area contributed by atoms with Crippen LogP contribution in [0.3, 0.4) is 0 Å². The van der Waals surface area contributed by atoms with E-state index in [4.69, 9.17) is 0 Å². The van der Waals surface area contributed by atoms with E-state index in [9.17, 15) is 4.79 Å². The Balaban J connectivity index is 1.02. The van der Waals surface area contributed by atoms with Crippen LogP contribution in [-0.2, 0) is 11.2 Å². The predicted octanol–water partition coefficient (Wildman–Crippen LogP) is 3.84. The monoisotopic (exact) mass is 483 g/mol. The number of hydrogen-bond donors (Lipinski definition) is 1. The SMILES string of the molecule is Cc1cc(C)c(CC(=O)N2CCC(N3CC(n4cc(-c5ncnc6[nH]ccc56)cn4)C3)CC2)c(C)c1. The molecule has 2 aliphatic rings. The molecule has 2 fully saturated rings. The maximum atomic E-state index is 13.0. The Kier molecular flexibility index (Phi) is 5.84. The Bertz CT molecular complexity index is 1380. The van der Waals surface area contributed by atoms with E-state index in [1.54, 1.807) is 6.33 Å². The lowest BCUT2D eigenvalue weighted by molar-refractivity contribution is -0.132. The lowest BCUT2D eigenvalue weighted by Gasteiger charge is -2.47. The molecule has 1 amide bonds. The lowest BCUT2D eigenvalue weighted by Crippen LogP contribution is -2.56. The van der Waals surface area contributed by atoms with Crippen molar-refractivity contribution in [3.8, 4) is 11.3 Å². The molecule has 0 spiro atoms. The van der Waals surface area contributed by atoms with Gasteiger partial charge in [-0.25, -0.2) is 9.97 Å². The number of carbonyl (C=O) groups excluding carboxylic acids is 1. The fraction of sp³-hybridized carbons (Fsp3) is 0.429. The van der Waals surface area contributed by atoms with Gasteiger partial charge < -0.3 is 9.88 Å². The minimum absolute atomic E-state index is 0.260. The van der Waals surface area contributed by atoms with Crippen molar-refractivity contribution in [1.82, 2.24) is 34.5 Å². The van der Waals surface area contributed by atoms with E-state index in [1.807, 2.05) is 18.5 Å². The average molecular weight is 484 g/mol. The number of amides is 1. The van der Waals surface area contributed by atoms with Crippen molar-refractivity contribution in [3.63, 3.8) is 0 Å². The van der Waals surface area contributed by atoms with E-state index >= 15 is 0 Å². The first-order valence-corrected chi connectivity index (χ1v) is 12.9. The van der Waals surface area contributed by atoms with Crippen LogP contribution >= 0.6 is 0 Å². The molecule has 36 heavy (non-hydrogen) atoms. The van der Waals surface area contributed by atoms with Crippen molar-refractivity contribution < 1.29 is 4.79 Å². The zero-order chi connectivity index (χ0) is 24.8. The molecule has 2 saturated heterocycles. The zero-order valence-corrected chi connectivity index (χ0v) is 21.2. The van der Waals surface area contributed by atoms with E-state index in [1.165, 1.54) is 22.3 Å². The quantitative estimate of drug-likeness (QED) is 0.466. The standard InChI is InChI=1S/C28H33N7O/c1-18-10-19(2)25(20(3)11-18)12-26(36)33-8-5-22(6-9-33)34-15-23(16-34)35-14-21(13-32-35)27-24-4-7-29-28(24)31-17-30-27/h4,7,10-11,13-14,17,22-23H,5-6,8-9,12,15-16H2,1-3H3,(H,29,30,31). The highest BCUT2D eigenvalue weighted by atomic mass is 16.2. The summed E-state index contributed by atoms with van der Waals surface area (Å²) in [5.74, 6) is 0.260. The van der Waals surface area contributed by atoms with Crippen LogP contribution < -0.4 is 0 Å². The van der Waals surface area contributed by atoms with E-state index in [0.717, 1.165) is 61.3 Å². The van der Waals surface area contributed by atoms with Crippen LogP contribution in [0.2, 0.25) is 0 Å². The summed E-state index contributed by atoms with van der Waals surface area (Å²) in [6.07, 6.45) is 10.1. The highest BCUT2D eigenvalue weighted by molar-refractivity contribution is 5.90. The van der Waals surface area contributed by atoms with Gasteiger partial charge in [-0.15, -0.1) is 0 Å². The topological polar surface area (TPSA) is 82.9 Å². The number of aryl methyl sites for hydroxylation is 3. The third kappa shape index (κ3) is 4.19. The van der Waals surface area contributed by atoms with Gasteiger partial charge in [0.25, 0.3) is 0 Å². The molecule has 186 valence electrons. The molecule has 0 saturated carbocycles. The van der Waals surface area contributed by atoms with Crippen LogP contribution in [0.25, 0.3) is 22.3 Å². The third-order valence-electron chi connectivity index (χ3n) is 8.00. The van der Waals surface area contributed by atoms with Gasteiger partial charge in [-0.2, -0.15) is 5.10 Å². The van der Waals surface area contributed by atoms with Gasteiger partial charge in [0.2, 0.25) is 5.91 Å². The summed E-state index contributed by atoms with van der Waals surface area (Å²) >= 11 is 0. The molecule has 0 bridgehead atoms. The second-order valence-corrected chi connectivity index (χ2v) is 10.4. The zero-order valence-electron chi connectivity index (χ0n) is 21.2. The van der Waals surface area contributed by atoms with Crippen LogP contribution in [0.15, 0.2) is 43.1 Å². The fourth-order valence-corrected chi connectivity index (χ4v) is 5.95. The largest absolute Gasteiger partial charge is 0.346 e. The highest BCUT2D eigenvalue weighted by Crippen LogP contribution is 2.30. The number of likely N-dealkylation sites (tertiary alicyclic amines) is 2. The lowest BCUT2D eigenvalue weighted by atomic mass is 9.95. The smallest absolute Gasteiger partial charge is 0.227 e. The molecule has 0 unspecified atom stereocenters. The van der Waals surface area contributed by atoms with Crippen LogP contribution in [0, 0.1) is 20.8 Å². The molecule has 3 aromatic heterocycles. The minimum atomic E-state index is 0.260. The molecule has 0 radical (unpaired) electrons. The van der Waals surface area contributed by atoms with Gasteiger partial charge in [0.15, 0.2) is 0 Å². The van der Waals surface area contributed by atoms with Gasteiger partial charge in [0.05, 0.1) is 24.4 Å². The number of aromatic amines is 1. The summed E-state index contributed by atoms with van der Waals surface area (Å²) in [6, 6.07) is 7.30. The summed E-state index contributed by atoms with van der Waals surface area (Å²) in [5.41, 5.74) is 7.67. The summed E-state index contributed by atoms with van der Waals surface area (Å²) < 4.78 is 2.08. The van der Waals surface area contributed by atoms with E-state index in [0.29, 0.717) is 18.5 Å². The van der Waals surface area contributed by atoms with Gasteiger partial charge in [0.1, 0.15) is 12.0 Å². The predicted molar refractivity (Wildman–Crippen MR) is 140 cm³/mol.